The van der Waals surface area contributed by atoms with Gasteiger partial charge >= 0.3 is 12.0 Å². The van der Waals surface area contributed by atoms with Gasteiger partial charge in [0, 0.05) is 6.54 Å². The Labute approximate surface area is 174 Å². The average Bonchev–Trinajstić information content (AvgIpc) is 2.74. The first-order chi connectivity index (χ1) is 14.6. The Morgan fingerprint density at radius 1 is 0.935 bits per heavy atom. The van der Waals surface area contributed by atoms with E-state index in [1.54, 1.807) is 35.1 Å². The third-order valence-corrected chi connectivity index (χ3v) is 5.03. The van der Waals surface area contributed by atoms with Crippen LogP contribution in [-0.4, -0.2) is 39.5 Å². The van der Waals surface area contributed by atoms with E-state index in [2.05, 4.69) is 10.1 Å². The van der Waals surface area contributed by atoms with Crippen LogP contribution in [0.15, 0.2) is 47.4 Å². The smallest absolute Gasteiger partial charge is 0.321 e. The van der Waals surface area contributed by atoms with E-state index in [0.717, 1.165) is 5.56 Å². The first-order valence-corrected chi connectivity index (χ1v) is 9.99. The van der Waals surface area contributed by atoms with Crippen molar-refractivity contribution in [2.75, 3.05) is 13.2 Å². The number of carbonyl (C=O) groups is 3. The molecule has 2 aromatic rings. The molecule has 2 aromatic carbocycles. The average molecular weight is 459 g/mol. The van der Waals surface area contributed by atoms with Crippen LogP contribution < -0.4 is 15.4 Å². The number of nitrogens with one attached hydrogen (secondary N) is 3. The van der Waals surface area contributed by atoms with Gasteiger partial charge in [-0.1, -0.05) is 30.3 Å². The minimum absolute atomic E-state index is 0.141. The molecule has 0 fully saturated rings. The van der Waals surface area contributed by atoms with Crippen LogP contribution >= 0.6 is 0 Å². The lowest BCUT2D eigenvalue weighted by atomic mass is 10.2. The molecule has 0 aliphatic heterocycles. The summed E-state index contributed by atoms with van der Waals surface area (Å²) in [5.74, 6) is -7.77. The molecule has 0 saturated carbocycles. The van der Waals surface area contributed by atoms with E-state index < -0.39 is 63.4 Å². The van der Waals surface area contributed by atoms with Gasteiger partial charge < -0.3 is 10.1 Å². The first kappa shape index (κ1) is 23.8. The number of hydrogen-bond donors (Lipinski definition) is 3. The van der Waals surface area contributed by atoms with Gasteiger partial charge in [-0.25, -0.2) is 26.4 Å². The van der Waals surface area contributed by atoms with Crippen LogP contribution in [0.1, 0.15) is 5.56 Å². The number of esters is 1. The number of hydrogen-bond acceptors (Lipinski definition) is 6. The van der Waals surface area contributed by atoms with Crippen molar-refractivity contribution in [3.63, 3.8) is 0 Å². The van der Waals surface area contributed by atoms with Gasteiger partial charge in [0.15, 0.2) is 24.1 Å². The quantitative estimate of drug-likeness (QED) is 0.398. The van der Waals surface area contributed by atoms with Crippen molar-refractivity contribution in [2.45, 2.75) is 11.4 Å². The second-order valence-electron chi connectivity index (χ2n) is 5.88. The highest BCUT2D eigenvalue weighted by molar-refractivity contribution is 7.89. The van der Waals surface area contributed by atoms with Crippen molar-refractivity contribution in [1.29, 1.82) is 0 Å². The number of imide groups is 1. The molecular weight excluding hydrogens is 443 g/mol. The molecular formula is C18H16F3N3O6S. The van der Waals surface area contributed by atoms with Crippen molar-refractivity contribution >= 4 is 27.9 Å². The summed E-state index contributed by atoms with van der Waals surface area (Å²) in [7, 11) is -4.71. The molecule has 0 saturated heterocycles. The Kier molecular flexibility index (Phi) is 8.10. The van der Waals surface area contributed by atoms with E-state index in [-0.39, 0.29) is 6.54 Å². The molecule has 0 aliphatic rings. The molecule has 166 valence electrons. The summed E-state index contributed by atoms with van der Waals surface area (Å²) in [4.78, 5) is 33.5. The van der Waals surface area contributed by atoms with Crippen molar-refractivity contribution < 1.29 is 40.7 Å². The highest BCUT2D eigenvalue weighted by atomic mass is 32.2. The molecule has 0 spiro atoms. The molecule has 31 heavy (non-hydrogen) atoms. The maximum absolute atomic E-state index is 13.6. The summed E-state index contributed by atoms with van der Waals surface area (Å²) < 4.78 is 69.6. The molecule has 0 aromatic heterocycles. The molecule has 0 radical (unpaired) electrons. The van der Waals surface area contributed by atoms with Gasteiger partial charge in [-0.15, -0.1) is 0 Å². The van der Waals surface area contributed by atoms with Crippen molar-refractivity contribution in [2.24, 2.45) is 0 Å². The van der Waals surface area contributed by atoms with Crippen LogP contribution in [0.2, 0.25) is 0 Å². The summed E-state index contributed by atoms with van der Waals surface area (Å²) in [6.45, 7) is -1.80. The van der Waals surface area contributed by atoms with Gasteiger partial charge in [-0.3, -0.25) is 14.9 Å². The van der Waals surface area contributed by atoms with Gasteiger partial charge in [-0.2, -0.15) is 4.72 Å². The number of amides is 3. The van der Waals surface area contributed by atoms with Gasteiger partial charge in [0.1, 0.15) is 11.4 Å². The zero-order valence-corrected chi connectivity index (χ0v) is 16.5. The summed E-state index contributed by atoms with van der Waals surface area (Å²) in [5.41, 5.74) is 0.779. The largest absolute Gasteiger partial charge is 0.455 e. The molecule has 3 amide bonds. The lowest BCUT2D eigenvalue weighted by Crippen LogP contribution is -2.41. The fraction of sp³-hybridized carbons (Fsp3) is 0.167. The summed E-state index contributed by atoms with van der Waals surface area (Å²) in [5, 5.41) is 4.29. The predicted molar refractivity (Wildman–Crippen MR) is 99.3 cm³/mol. The Morgan fingerprint density at radius 3 is 2.29 bits per heavy atom. The standard InChI is InChI=1S/C18H16F3N3O6S/c19-12-6-7-13(17(21)16(12)20)31(28,29)23-9-15(26)30-10-14(25)24-18(27)22-8-11-4-2-1-3-5-11/h1-7,23H,8-10H2,(H2,22,24,25,27). The van der Waals surface area contributed by atoms with E-state index in [1.165, 1.54) is 0 Å². The molecule has 2 rings (SSSR count). The van der Waals surface area contributed by atoms with Crippen LogP contribution in [-0.2, 0) is 30.9 Å². The molecule has 0 unspecified atom stereocenters. The van der Waals surface area contributed by atoms with E-state index in [4.69, 9.17) is 0 Å². The van der Waals surface area contributed by atoms with Gasteiger partial charge in [-0.05, 0) is 17.7 Å². The van der Waals surface area contributed by atoms with Crippen molar-refractivity contribution in [3.8, 4) is 0 Å². The van der Waals surface area contributed by atoms with E-state index in [1.807, 2.05) is 5.32 Å². The molecule has 0 heterocycles. The number of halogens is 3. The fourth-order valence-electron chi connectivity index (χ4n) is 2.13. The fourth-order valence-corrected chi connectivity index (χ4v) is 3.17. The van der Waals surface area contributed by atoms with Crippen molar-refractivity contribution in [1.82, 2.24) is 15.4 Å². The zero-order chi connectivity index (χ0) is 23.0. The second-order valence-corrected chi connectivity index (χ2v) is 7.61. The van der Waals surface area contributed by atoms with Gasteiger partial charge in [0.2, 0.25) is 10.0 Å². The summed E-state index contributed by atoms with van der Waals surface area (Å²) in [6.07, 6.45) is 0. The topological polar surface area (TPSA) is 131 Å². The SMILES string of the molecule is O=C(COC(=O)CNS(=O)(=O)c1ccc(F)c(F)c1F)NC(=O)NCc1ccccc1. The molecule has 0 aliphatic carbocycles. The summed E-state index contributed by atoms with van der Waals surface area (Å²) in [6, 6.07) is 8.83. The van der Waals surface area contributed by atoms with E-state index in [0.29, 0.717) is 12.1 Å². The number of benzene rings is 2. The van der Waals surface area contributed by atoms with Gasteiger partial charge in [0.05, 0.1) is 0 Å². The lowest BCUT2D eigenvalue weighted by molar-refractivity contribution is -0.147. The highest BCUT2D eigenvalue weighted by Gasteiger charge is 2.25. The Balaban J connectivity index is 1.76. The van der Waals surface area contributed by atoms with Crippen LogP contribution in [0.25, 0.3) is 0 Å². The molecule has 3 N–H and O–H groups in total. The number of sulfonamides is 1. The second kappa shape index (κ2) is 10.5. The minimum Gasteiger partial charge on any atom is -0.455 e. The first-order valence-electron chi connectivity index (χ1n) is 8.50. The monoisotopic (exact) mass is 459 g/mol. The molecule has 9 nitrogen and oxygen atoms in total. The van der Waals surface area contributed by atoms with Crippen LogP contribution in [0, 0.1) is 17.5 Å². The number of carbonyl (C=O) groups excluding carboxylic acids is 3. The molecule has 0 bridgehead atoms. The third-order valence-electron chi connectivity index (χ3n) is 3.61. The van der Waals surface area contributed by atoms with Crippen molar-refractivity contribution in [3.05, 3.63) is 65.5 Å². The highest BCUT2D eigenvalue weighted by Crippen LogP contribution is 2.19. The zero-order valence-electron chi connectivity index (χ0n) is 15.7. The number of rotatable bonds is 8. The van der Waals surface area contributed by atoms with E-state index >= 15 is 0 Å². The summed E-state index contributed by atoms with van der Waals surface area (Å²) >= 11 is 0. The lowest BCUT2D eigenvalue weighted by Gasteiger charge is -2.09. The van der Waals surface area contributed by atoms with E-state index in [9.17, 15) is 36.0 Å². The Morgan fingerprint density at radius 2 is 1.61 bits per heavy atom. The normalized spacial score (nSPS) is 10.9. The Hall–Kier alpha value is -3.45. The molecule has 0 atom stereocenters. The molecule has 13 heteroatoms. The maximum Gasteiger partial charge on any atom is 0.321 e. The number of ether oxygens (including phenoxy) is 1. The van der Waals surface area contributed by atoms with Crippen LogP contribution in [0.4, 0.5) is 18.0 Å². The van der Waals surface area contributed by atoms with Gasteiger partial charge in [0.25, 0.3) is 5.91 Å². The number of urea groups is 1. The maximum atomic E-state index is 13.6. The van der Waals surface area contributed by atoms with Crippen LogP contribution in [0.3, 0.4) is 0 Å². The Bertz CT molecular complexity index is 1080. The van der Waals surface area contributed by atoms with Crippen LogP contribution in [0.5, 0.6) is 0 Å². The predicted octanol–water partition coefficient (Wildman–Crippen LogP) is 0.951. The minimum atomic E-state index is -4.71. The third kappa shape index (κ3) is 7.08.